The van der Waals surface area contributed by atoms with Crippen molar-refractivity contribution in [2.24, 2.45) is 17.6 Å². The number of hydrogen-bond acceptors (Lipinski definition) is 6. The number of aromatic hydroxyl groups is 4. The van der Waals surface area contributed by atoms with Crippen LogP contribution in [0.5, 0.6) is 23.0 Å². The van der Waals surface area contributed by atoms with Gasteiger partial charge in [-0.15, -0.1) is 0 Å². The number of phenols is 4. The van der Waals surface area contributed by atoms with E-state index in [-0.39, 0.29) is 53.1 Å². The second kappa shape index (κ2) is 10.5. The summed E-state index contributed by atoms with van der Waals surface area (Å²) >= 11 is 0. The standard InChI is InChI=1S/C24H35NO5/c1-14(2)24(13-18-6-8-21(27)23(29)12-18)30-16(4)9-15(3)19(25)10-17-5-7-20(26)22(28)11-17/h5-8,11-12,14-16,19,24,26-29H,9-10,13,25H2,1-4H3/t15?,16?,19-,24+/m0/s1. The van der Waals surface area contributed by atoms with Gasteiger partial charge in [-0.2, -0.15) is 0 Å². The Morgan fingerprint density at radius 2 is 1.27 bits per heavy atom. The van der Waals surface area contributed by atoms with Gasteiger partial charge < -0.3 is 30.9 Å². The molecule has 6 nitrogen and oxygen atoms in total. The minimum absolute atomic E-state index is 0.00242. The first-order valence-electron chi connectivity index (χ1n) is 10.5. The van der Waals surface area contributed by atoms with E-state index in [1.165, 1.54) is 12.1 Å². The van der Waals surface area contributed by atoms with Gasteiger partial charge in [-0.25, -0.2) is 0 Å². The fraction of sp³-hybridized carbons (Fsp3) is 0.500. The molecular formula is C24H35NO5. The molecule has 0 bridgehead atoms. The van der Waals surface area contributed by atoms with Crippen LogP contribution < -0.4 is 5.73 Å². The van der Waals surface area contributed by atoms with Crippen molar-refractivity contribution in [3.05, 3.63) is 47.5 Å². The van der Waals surface area contributed by atoms with Gasteiger partial charge in [0.2, 0.25) is 0 Å². The van der Waals surface area contributed by atoms with Gasteiger partial charge in [0.05, 0.1) is 12.2 Å². The van der Waals surface area contributed by atoms with Crippen LogP contribution in [-0.2, 0) is 17.6 Å². The van der Waals surface area contributed by atoms with Gasteiger partial charge >= 0.3 is 0 Å². The Morgan fingerprint density at radius 1 is 0.767 bits per heavy atom. The second-order valence-corrected chi connectivity index (χ2v) is 8.66. The van der Waals surface area contributed by atoms with Gasteiger partial charge in [0.15, 0.2) is 23.0 Å². The van der Waals surface area contributed by atoms with Crippen LogP contribution in [0.15, 0.2) is 36.4 Å². The SMILES string of the molecule is CC(CC(C)[C@@H](N)Cc1ccc(O)c(O)c1)O[C@H](Cc1ccc(O)c(O)c1)C(C)C. The molecule has 0 aromatic heterocycles. The van der Waals surface area contributed by atoms with Gasteiger partial charge in [0.25, 0.3) is 0 Å². The first kappa shape index (κ1) is 23.8. The molecule has 0 aliphatic rings. The number of benzene rings is 2. The molecule has 0 amide bonds. The summed E-state index contributed by atoms with van der Waals surface area (Å²) in [7, 11) is 0. The molecule has 0 fully saturated rings. The lowest BCUT2D eigenvalue weighted by Crippen LogP contribution is -2.34. The predicted octanol–water partition coefficient (Wildman–Crippen LogP) is 4.08. The van der Waals surface area contributed by atoms with E-state index in [1.807, 2.05) is 6.92 Å². The summed E-state index contributed by atoms with van der Waals surface area (Å²) in [5.41, 5.74) is 8.17. The van der Waals surface area contributed by atoms with Gasteiger partial charge in [0.1, 0.15) is 0 Å². The quantitative estimate of drug-likeness (QED) is 0.372. The van der Waals surface area contributed by atoms with E-state index in [4.69, 9.17) is 10.5 Å². The van der Waals surface area contributed by atoms with Crippen LogP contribution in [0.3, 0.4) is 0 Å². The highest BCUT2D eigenvalue weighted by atomic mass is 16.5. The van der Waals surface area contributed by atoms with E-state index < -0.39 is 0 Å². The molecule has 2 rings (SSSR count). The fourth-order valence-electron chi connectivity index (χ4n) is 3.59. The summed E-state index contributed by atoms with van der Waals surface area (Å²) in [5.74, 6) is -0.0382. The van der Waals surface area contributed by atoms with Crippen molar-refractivity contribution in [2.45, 2.75) is 65.2 Å². The first-order valence-corrected chi connectivity index (χ1v) is 10.5. The summed E-state index contributed by atoms with van der Waals surface area (Å²) in [4.78, 5) is 0. The molecular weight excluding hydrogens is 382 g/mol. The van der Waals surface area contributed by atoms with E-state index in [0.29, 0.717) is 12.8 Å². The highest BCUT2D eigenvalue weighted by Crippen LogP contribution is 2.28. The summed E-state index contributed by atoms with van der Waals surface area (Å²) < 4.78 is 6.32. The van der Waals surface area contributed by atoms with Crippen molar-refractivity contribution in [3.8, 4) is 23.0 Å². The van der Waals surface area contributed by atoms with Gasteiger partial charge in [-0.3, -0.25) is 0 Å². The summed E-state index contributed by atoms with van der Waals surface area (Å²) in [6.45, 7) is 8.33. The van der Waals surface area contributed by atoms with Crippen LogP contribution in [0.2, 0.25) is 0 Å². The lowest BCUT2D eigenvalue weighted by atomic mass is 9.91. The Kier molecular flexibility index (Phi) is 8.38. The second-order valence-electron chi connectivity index (χ2n) is 8.66. The largest absolute Gasteiger partial charge is 0.504 e. The zero-order chi connectivity index (χ0) is 22.4. The van der Waals surface area contributed by atoms with E-state index in [2.05, 4.69) is 20.8 Å². The topological polar surface area (TPSA) is 116 Å². The summed E-state index contributed by atoms with van der Waals surface area (Å²) in [6, 6.07) is 9.55. The van der Waals surface area contributed by atoms with Crippen LogP contribution in [0.25, 0.3) is 0 Å². The Bertz CT molecular complexity index is 823. The minimum atomic E-state index is -0.135. The van der Waals surface area contributed by atoms with Crippen molar-refractivity contribution in [2.75, 3.05) is 0 Å². The van der Waals surface area contributed by atoms with Gasteiger partial charge in [-0.1, -0.05) is 32.9 Å². The first-order chi connectivity index (χ1) is 14.1. The van der Waals surface area contributed by atoms with Crippen LogP contribution in [-0.4, -0.2) is 38.7 Å². The molecule has 166 valence electrons. The Morgan fingerprint density at radius 3 is 1.73 bits per heavy atom. The number of phenolic OH excluding ortho intramolecular Hbond substituents is 4. The van der Waals surface area contributed by atoms with Crippen LogP contribution in [0, 0.1) is 11.8 Å². The lowest BCUT2D eigenvalue weighted by molar-refractivity contribution is -0.0365. The summed E-state index contributed by atoms with van der Waals surface area (Å²) in [6.07, 6.45) is 2.00. The molecule has 0 aliphatic heterocycles. The maximum atomic E-state index is 9.73. The van der Waals surface area contributed by atoms with Crippen molar-refractivity contribution in [1.82, 2.24) is 0 Å². The maximum absolute atomic E-state index is 9.73. The van der Waals surface area contributed by atoms with Crippen LogP contribution >= 0.6 is 0 Å². The Labute approximate surface area is 178 Å². The Hall–Kier alpha value is -2.44. The zero-order valence-electron chi connectivity index (χ0n) is 18.2. The lowest BCUT2D eigenvalue weighted by Gasteiger charge is -2.29. The average Bonchev–Trinajstić information content (AvgIpc) is 2.66. The molecule has 4 atom stereocenters. The predicted molar refractivity (Wildman–Crippen MR) is 118 cm³/mol. The maximum Gasteiger partial charge on any atom is 0.157 e. The molecule has 0 radical (unpaired) electrons. The van der Waals surface area contributed by atoms with E-state index >= 15 is 0 Å². The minimum Gasteiger partial charge on any atom is -0.504 e. The van der Waals surface area contributed by atoms with E-state index in [0.717, 1.165) is 17.5 Å². The van der Waals surface area contributed by atoms with Crippen molar-refractivity contribution < 1.29 is 25.2 Å². The molecule has 2 unspecified atom stereocenters. The fourth-order valence-corrected chi connectivity index (χ4v) is 3.59. The average molecular weight is 418 g/mol. The number of nitrogens with two attached hydrogens (primary N) is 1. The molecule has 2 aromatic carbocycles. The van der Waals surface area contributed by atoms with Crippen LogP contribution in [0.1, 0.15) is 45.2 Å². The molecule has 6 N–H and O–H groups in total. The third-order valence-electron chi connectivity index (χ3n) is 5.57. The highest BCUT2D eigenvalue weighted by Gasteiger charge is 2.22. The molecule has 0 spiro atoms. The monoisotopic (exact) mass is 417 g/mol. The van der Waals surface area contributed by atoms with E-state index in [1.54, 1.807) is 24.3 Å². The van der Waals surface area contributed by atoms with Crippen LogP contribution in [0.4, 0.5) is 0 Å². The Balaban J connectivity index is 1.92. The molecule has 6 heteroatoms. The van der Waals surface area contributed by atoms with Gasteiger partial charge in [0, 0.05) is 6.04 Å². The normalized spacial score (nSPS) is 15.7. The smallest absolute Gasteiger partial charge is 0.157 e. The van der Waals surface area contributed by atoms with Gasteiger partial charge in [-0.05, 0) is 73.4 Å². The third-order valence-corrected chi connectivity index (χ3v) is 5.57. The number of hydrogen-bond donors (Lipinski definition) is 5. The summed E-state index contributed by atoms with van der Waals surface area (Å²) in [5, 5.41) is 38.3. The van der Waals surface area contributed by atoms with E-state index in [9.17, 15) is 20.4 Å². The molecule has 0 heterocycles. The van der Waals surface area contributed by atoms with Crippen molar-refractivity contribution in [3.63, 3.8) is 0 Å². The molecule has 0 aliphatic carbocycles. The molecule has 0 saturated heterocycles. The van der Waals surface area contributed by atoms with Crippen molar-refractivity contribution >= 4 is 0 Å². The molecule has 2 aromatic rings. The third kappa shape index (κ3) is 6.82. The molecule has 0 saturated carbocycles. The van der Waals surface area contributed by atoms with Crippen molar-refractivity contribution in [1.29, 1.82) is 0 Å². The number of ether oxygens (including phenoxy) is 1. The zero-order valence-corrected chi connectivity index (χ0v) is 18.2. The number of rotatable bonds is 10. The highest BCUT2D eigenvalue weighted by molar-refractivity contribution is 5.41. The molecule has 30 heavy (non-hydrogen) atoms.